The van der Waals surface area contributed by atoms with Crippen LogP contribution in [0, 0.1) is 11.7 Å². The summed E-state index contributed by atoms with van der Waals surface area (Å²) in [4.78, 5) is 0. The van der Waals surface area contributed by atoms with Crippen LogP contribution in [-0.4, -0.2) is 11.7 Å². The van der Waals surface area contributed by atoms with Crippen LogP contribution in [0.4, 0.5) is 4.39 Å². The lowest BCUT2D eigenvalue weighted by Gasteiger charge is -2.27. The van der Waals surface area contributed by atoms with Crippen molar-refractivity contribution in [2.75, 3.05) is 6.61 Å². The van der Waals surface area contributed by atoms with E-state index in [-0.39, 0.29) is 17.8 Å². The maximum Gasteiger partial charge on any atom is 0.123 e. The molecule has 1 fully saturated rings. The van der Waals surface area contributed by atoms with Gasteiger partial charge in [-0.05, 0) is 36.5 Å². The number of rotatable bonds is 3. The van der Waals surface area contributed by atoms with Gasteiger partial charge in [-0.2, -0.15) is 0 Å². The van der Waals surface area contributed by atoms with Crippen LogP contribution in [-0.2, 0) is 5.41 Å². The van der Waals surface area contributed by atoms with Crippen molar-refractivity contribution in [3.63, 3.8) is 0 Å². The van der Waals surface area contributed by atoms with E-state index < -0.39 is 0 Å². The lowest BCUT2D eigenvalue weighted by molar-refractivity contribution is 0.187. The molecular weight excluding hydrogens is 179 g/mol. The molecule has 0 aromatic heterocycles. The van der Waals surface area contributed by atoms with Crippen molar-refractivity contribution in [3.8, 4) is 0 Å². The van der Waals surface area contributed by atoms with Gasteiger partial charge < -0.3 is 5.11 Å². The molecule has 1 atom stereocenters. The van der Waals surface area contributed by atoms with E-state index in [1.54, 1.807) is 12.1 Å². The van der Waals surface area contributed by atoms with Crippen LogP contribution in [0.3, 0.4) is 0 Å². The van der Waals surface area contributed by atoms with E-state index in [1.807, 2.05) is 0 Å². The second-order valence-corrected chi connectivity index (χ2v) is 4.36. The fourth-order valence-electron chi connectivity index (χ4n) is 2.01. The van der Waals surface area contributed by atoms with Crippen LogP contribution in [0.1, 0.15) is 25.3 Å². The molecule has 76 valence electrons. The summed E-state index contributed by atoms with van der Waals surface area (Å²) in [6.07, 6.45) is 2.35. The molecule has 0 radical (unpaired) electrons. The molecule has 1 aromatic rings. The largest absolute Gasteiger partial charge is 0.395 e. The van der Waals surface area contributed by atoms with Crippen LogP contribution in [0.5, 0.6) is 0 Å². The molecule has 0 amide bonds. The Kier molecular flexibility index (Phi) is 2.31. The second kappa shape index (κ2) is 3.35. The first-order valence-corrected chi connectivity index (χ1v) is 5.04. The lowest BCUT2D eigenvalue weighted by atomic mass is 9.79. The molecule has 2 rings (SSSR count). The molecule has 1 nitrogen and oxygen atoms in total. The highest BCUT2D eigenvalue weighted by atomic mass is 19.1. The number of benzene rings is 1. The van der Waals surface area contributed by atoms with Crippen molar-refractivity contribution in [2.24, 2.45) is 5.92 Å². The minimum Gasteiger partial charge on any atom is -0.395 e. The zero-order valence-electron chi connectivity index (χ0n) is 8.33. The fourth-order valence-corrected chi connectivity index (χ4v) is 2.01. The summed E-state index contributed by atoms with van der Waals surface area (Å²) in [5.41, 5.74) is 0.872. The third kappa shape index (κ3) is 1.55. The highest BCUT2D eigenvalue weighted by Crippen LogP contribution is 2.46. The quantitative estimate of drug-likeness (QED) is 0.783. The molecule has 2 heteroatoms. The van der Waals surface area contributed by atoms with E-state index in [1.165, 1.54) is 25.0 Å². The molecule has 1 saturated carbocycles. The minimum atomic E-state index is -0.218. The first-order valence-electron chi connectivity index (χ1n) is 5.04. The van der Waals surface area contributed by atoms with E-state index in [9.17, 15) is 9.50 Å². The van der Waals surface area contributed by atoms with Crippen molar-refractivity contribution in [1.29, 1.82) is 0 Å². The Hall–Kier alpha value is -0.890. The van der Waals surface area contributed by atoms with Gasteiger partial charge in [-0.3, -0.25) is 0 Å². The number of hydrogen-bond acceptors (Lipinski definition) is 1. The highest BCUT2D eigenvalue weighted by molar-refractivity contribution is 5.27. The Bertz CT molecular complexity index is 316. The van der Waals surface area contributed by atoms with Crippen LogP contribution < -0.4 is 0 Å². The number of aliphatic hydroxyl groups is 1. The van der Waals surface area contributed by atoms with E-state index in [4.69, 9.17) is 0 Å². The van der Waals surface area contributed by atoms with E-state index in [2.05, 4.69) is 6.92 Å². The van der Waals surface area contributed by atoms with E-state index in [0.717, 1.165) is 5.56 Å². The van der Waals surface area contributed by atoms with Gasteiger partial charge in [0.15, 0.2) is 0 Å². The van der Waals surface area contributed by atoms with Gasteiger partial charge in [0.05, 0.1) is 6.61 Å². The molecule has 0 spiro atoms. The van der Waals surface area contributed by atoms with E-state index >= 15 is 0 Å². The van der Waals surface area contributed by atoms with Crippen LogP contribution in [0.15, 0.2) is 24.3 Å². The molecule has 1 aliphatic rings. The topological polar surface area (TPSA) is 20.2 Å². The van der Waals surface area contributed by atoms with Crippen LogP contribution in [0.2, 0.25) is 0 Å². The number of aliphatic hydroxyl groups excluding tert-OH is 1. The first-order chi connectivity index (χ1) is 6.66. The summed E-state index contributed by atoms with van der Waals surface area (Å²) in [6, 6.07) is 6.49. The molecule has 0 bridgehead atoms. The Balaban J connectivity index is 2.31. The first kappa shape index (κ1) is 9.66. The van der Waals surface area contributed by atoms with Gasteiger partial charge in [-0.1, -0.05) is 19.1 Å². The minimum absolute atomic E-state index is 0.142. The third-order valence-electron chi connectivity index (χ3n) is 3.31. The Morgan fingerprint density at radius 1 is 1.36 bits per heavy atom. The predicted molar refractivity (Wildman–Crippen MR) is 53.6 cm³/mol. The van der Waals surface area contributed by atoms with Crippen molar-refractivity contribution >= 4 is 0 Å². The Morgan fingerprint density at radius 3 is 2.36 bits per heavy atom. The standard InChI is InChI=1S/C12H15FO/c1-12(8-14,9-2-3-9)10-4-6-11(13)7-5-10/h4-7,9,14H,2-3,8H2,1H3. The van der Waals surface area contributed by atoms with Crippen molar-refractivity contribution in [3.05, 3.63) is 35.6 Å². The highest BCUT2D eigenvalue weighted by Gasteiger charge is 2.42. The molecule has 1 N–H and O–H groups in total. The fraction of sp³-hybridized carbons (Fsp3) is 0.500. The lowest BCUT2D eigenvalue weighted by Crippen LogP contribution is -2.29. The van der Waals surface area contributed by atoms with Gasteiger partial charge in [0, 0.05) is 5.41 Å². The normalized spacial score (nSPS) is 20.5. The molecule has 14 heavy (non-hydrogen) atoms. The van der Waals surface area contributed by atoms with Crippen molar-refractivity contribution in [1.82, 2.24) is 0 Å². The van der Waals surface area contributed by atoms with Gasteiger partial charge in [0.25, 0.3) is 0 Å². The molecule has 0 saturated heterocycles. The molecule has 0 heterocycles. The van der Waals surface area contributed by atoms with Gasteiger partial charge in [0.1, 0.15) is 5.82 Å². The van der Waals surface area contributed by atoms with Crippen molar-refractivity contribution < 1.29 is 9.50 Å². The summed E-state index contributed by atoms with van der Waals surface area (Å²) in [7, 11) is 0. The molecule has 1 aliphatic carbocycles. The zero-order chi connectivity index (χ0) is 10.2. The summed E-state index contributed by atoms with van der Waals surface area (Å²) >= 11 is 0. The molecule has 0 aliphatic heterocycles. The van der Waals surface area contributed by atoms with Gasteiger partial charge in [-0.25, -0.2) is 4.39 Å². The van der Waals surface area contributed by atoms with E-state index in [0.29, 0.717) is 5.92 Å². The zero-order valence-corrected chi connectivity index (χ0v) is 8.33. The summed E-state index contributed by atoms with van der Waals surface area (Å²) in [5.74, 6) is 0.350. The Morgan fingerprint density at radius 2 is 1.93 bits per heavy atom. The predicted octanol–water partition coefficient (Wildman–Crippen LogP) is 2.49. The number of hydrogen-bond donors (Lipinski definition) is 1. The maximum absolute atomic E-state index is 12.7. The van der Waals surface area contributed by atoms with Gasteiger partial charge >= 0.3 is 0 Å². The van der Waals surface area contributed by atoms with Crippen LogP contribution in [0.25, 0.3) is 0 Å². The Labute approximate surface area is 83.6 Å². The van der Waals surface area contributed by atoms with Crippen LogP contribution >= 0.6 is 0 Å². The second-order valence-electron chi connectivity index (χ2n) is 4.36. The van der Waals surface area contributed by atoms with Gasteiger partial charge in [0.2, 0.25) is 0 Å². The molecule has 1 aromatic carbocycles. The number of halogens is 1. The van der Waals surface area contributed by atoms with Crippen molar-refractivity contribution in [2.45, 2.75) is 25.2 Å². The summed E-state index contributed by atoms with van der Waals surface area (Å²) in [6.45, 7) is 2.20. The molecule has 1 unspecified atom stereocenters. The van der Waals surface area contributed by atoms with Gasteiger partial charge in [-0.15, -0.1) is 0 Å². The summed E-state index contributed by atoms with van der Waals surface area (Å²) < 4.78 is 12.7. The average molecular weight is 194 g/mol. The third-order valence-corrected chi connectivity index (χ3v) is 3.31. The monoisotopic (exact) mass is 194 g/mol. The smallest absolute Gasteiger partial charge is 0.123 e. The maximum atomic E-state index is 12.7. The molecular formula is C12H15FO. The summed E-state index contributed by atoms with van der Waals surface area (Å²) in [5, 5.41) is 9.42. The average Bonchev–Trinajstić information content (AvgIpc) is 3.01. The SMILES string of the molecule is CC(CO)(c1ccc(F)cc1)C1CC1.